The van der Waals surface area contributed by atoms with E-state index in [0.717, 1.165) is 11.1 Å². The molecular weight excluding hydrogens is 307 g/mol. The van der Waals surface area contributed by atoms with E-state index in [0.29, 0.717) is 17.5 Å². The summed E-state index contributed by atoms with van der Waals surface area (Å²) in [4.78, 5) is 4.28. The Morgan fingerprint density at radius 2 is 2.05 bits per heavy atom. The SMILES string of the molecule is Cc1ccccc1-c1noc(COc2ccc(F)cc2Cl)n1. The second-order valence-corrected chi connectivity index (χ2v) is 5.10. The number of benzene rings is 2. The molecule has 6 heteroatoms. The second kappa shape index (κ2) is 6.15. The fourth-order valence-electron chi connectivity index (χ4n) is 1.98. The van der Waals surface area contributed by atoms with Gasteiger partial charge in [0.2, 0.25) is 5.82 Å². The number of aryl methyl sites for hydroxylation is 1. The van der Waals surface area contributed by atoms with Gasteiger partial charge in [0, 0.05) is 5.56 Å². The molecule has 0 amide bonds. The topological polar surface area (TPSA) is 48.2 Å². The molecule has 3 rings (SSSR count). The number of nitrogens with zero attached hydrogens (tertiary/aromatic N) is 2. The fraction of sp³-hybridized carbons (Fsp3) is 0.125. The third kappa shape index (κ3) is 3.09. The normalized spacial score (nSPS) is 10.7. The Hall–Kier alpha value is -2.40. The molecule has 2 aromatic carbocycles. The monoisotopic (exact) mass is 318 g/mol. The van der Waals surface area contributed by atoms with Crippen LogP contribution in [0.2, 0.25) is 5.02 Å². The van der Waals surface area contributed by atoms with Gasteiger partial charge in [-0.05, 0) is 30.7 Å². The molecule has 3 aromatic rings. The number of hydrogen-bond donors (Lipinski definition) is 0. The number of rotatable bonds is 4. The minimum absolute atomic E-state index is 0.0598. The van der Waals surface area contributed by atoms with Crippen molar-refractivity contribution in [2.24, 2.45) is 0 Å². The Morgan fingerprint density at radius 3 is 2.82 bits per heavy atom. The van der Waals surface area contributed by atoms with Crippen LogP contribution in [-0.2, 0) is 6.61 Å². The third-order valence-electron chi connectivity index (χ3n) is 3.10. The minimum Gasteiger partial charge on any atom is -0.482 e. The van der Waals surface area contributed by atoms with Crippen LogP contribution in [0.25, 0.3) is 11.4 Å². The van der Waals surface area contributed by atoms with Gasteiger partial charge in [-0.25, -0.2) is 4.39 Å². The van der Waals surface area contributed by atoms with E-state index in [1.807, 2.05) is 31.2 Å². The van der Waals surface area contributed by atoms with Gasteiger partial charge < -0.3 is 9.26 Å². The molecule has 0 saturated carbocycles. The maximum Gasteiger partial charge on any atom is 0.264 e. The van der Waals surface area contributed by atoms with Crippen LogP contribution in [0.5, 0.6) is 5.75 Å². The van der Waals surface area contributed by atoms with Gasteiger partial charge in [0.05, 0.1) is 5.02 Å². The quantitative estimate of drug-likeness (QED) is 0.714. The van der Waals surface area contributed by atoms with Crippen LogP contribution in [0.3, 0.4) is 0 Å². The highest BCUT2D eigenvalue weighted by molar-refractivity contribution is 6.32. The second-order valence-electron chi connectivity index (χ2n) is 4.69. The first-order valence-corrected chi connectivity index (χ1v) is 6.98. The Balaban J connectivity index is 1.74. The fourth-order valence-corrected chi connectivity index (χ4v) is 2.20. The predicted molar refractivity (Wildman–Crippen MR) is 80.2 cm³/mol. The van der Waals surface area contributed by atoms with Crippen molar-refractivity contribution in [1.82, 2.24) is 10.1 Å². The van der Waals surface area contributed by atoms with Crippen molar-refractivity contribution >= 4 is 11.6 Å². The van der Waals surface area contributed by atoms with Gasteiger partial charge in [-0.3, -0.25) is 0 Å². The summed E-state index contributed by atoms with van der Waals surface area (Å²) in [7, 11) is 0. The summed E-state index contributed by atoms with van der Waals surface area (Å²) in [6.45, 7) is 2.03. The molecule has 22 heavy (non-hydrogen) atoms. The average Bonchev–Trinajstić information content (AvgIpc) is 2.95. The van der Waals surface area contributed by atoms with E-state index in [1.54, 1.807) is 0 Å². The standard InChI is InChI=1S/C16H12ClFN2O2/c1-10-4-2-3-5-12(10)16-19-15(22-20-16)9-21-14-7-6-11(18)8-13(14)17/h2-8H,9H2,1H3. The summed E-state index contributed by atoms with van der Waals surface area (Å²) in [5.74, 6) is 0.760. The van der Waals surface area contributed by atoms with Crippen LogP contribution in [0.4, 0.5) is 4.39 Å². The van der Waals surface area contributed by atoms with Crippen molar-refractivity contribution in [1.29, 1.82) is 0 Å². The minimum atomic E-state index is -0.419. The molecule has 0 unspecified atom stereocenters. The zero-order chi connectivity index (χ0) is 15.5. The number of hydrogen-bond acceptors (Lipinski definition) is 4. The summed E-state index contributed by atoms with van der Waals surface area (Å²) in [5.41, 5.74) is 1.95. The van der Waals surface area contributed by atoms with Gasteiger partial charge in [-0.2, -0.15) is 4.98 Å². The Bertz CT molecular complexity index is 804. The smallest absolute Gasteiger partial charge is 0.264 e. The van der Waals surface area contributed by atoms with Crippen LogP contribution < -0.4 is 4.74 Å². The number of aromatic nitrogens is 2. The molecule has 0 N–H and O–H groups in total. The zero-order valence-corrected chi connectivity index (χ0v) is 12.5. The van der Waals surface area contributed by atoms with Crippen molar-refractivity contribution < 1.29 is 13.7 Å². The average molecular weight is 319 g/mol. The zero-order valence-electron chi connectivity index (χ0n) is 11.7. The Labute approximate surface area is 131 Å². The molecule has 0 spiro atoms. The predicted octanol–water partition coefficient (Wildman–Crippen LogP) is 4.42. The summed E-state index contributed by atoms with van der Waals surface area (Å²) in [5, 5.41) is 4.13. The van der Waals surface area contributed by atoms with Crippen molar-refractivity contribution in [2.45, 2.75) is 13.5 Å². The van der Waals surface area contributed by atoms with Crippen LogP contribution in [-0.4, -0.2) is 10.1 Å². The third-order valence-corrected chi connectivity index (χ3v) is 3.39. The van der Waals surface area contributed by atoms with Crippen molar-refractivity contribution in [3.8, 4) is 17.1 Å². The van der Waals surface area contributed by atoms with Crippen molar-refractivity contribution in [2.75, 3.05) is 0 Å². The van der Waals surface area contributed by atoms with Gasteiger partial charge >= 0.3 is 0 Å². The van der Waals surface area contributed by atoms with Crippen molar-refractivity contribution in [3.05, 3.63) is 64.8 Å². The van der Waals surface area contributed by atoms with E-state index in [2.05, 4.69) is 10.1 Å². The summed E-state index contributed by atoms with van der Waals surface area (Å²) >= 11 is 5.89. The van der Waals surface area contributed by atoms with Gasteiger partial charge in [0.15, 0.2) is 6.61 Å². The molecule has 0 atom stereocenters. The highest BCUT2D eigenvalue weighted by Crippen LogP contribution is 2.26. The van der Waals surface area contributed by atoms with Crippen LogP contribution >= 0.6 is 11.6 Å². The molecule has 0 bridgehead atoms. The first-order chi connectivity index (χ1) is 10.6. The van der Waals surface area contributed by atoms with Crippen LogP contribution in [0.15, 0.2) is 47.0 Å². The molecule has 112 valence electrons. The maximum absolute atomic E-state index is 13.0. The molecule has 0 fully saturated rings. The molecule has 1 aromatic heterocycles. The highest BCUT2D eigenvalue weighted by Gasteiger charge is 2.11. The Morgan fingerprint density at radius 1 is 1.23 bits per heavy atom. The molecule has 0 saturated heterocycles. The number of ether oxygens (including phenoxy) is 1. The molecule has 0 radical (unpaired) electrons. The van der Waals surface area contributed by atoms with Crippen molar-refractivity contribution in [3.63, 3.8) is 0 Å². The van der Waals surface area contributed by atoms with Crippen LogP contribution in [0.1, 0.15) is 11.5 Å². The largest absolute Gasteiger partial charge is 0.482 e. The van der Waals surface area contributed by atoms with Gasteiger partial charge in [0.25, 0.3) is 5.89 Å². The molecule has 0 aliphatic heterocycles. The molecule has 1 heterocycles. The van der Waals surface area contributed by atoms with Gasteiger partial charge in [-0.15, -0.1) is 0 Å². The maximum atomic E-state index is 13.0. The van der Waals surface area contributed by atoms with E-state index in [1.165, 1.54) is 18.2 Å². The molecule has 0 aliphatic carbocycles. The summed E-state index contributed by atoms with van der Waals surface area (Å²) in [6, 6.07) is 11.7. The van der Waals surface area contributed by atoms with E-state index in [4.69, 9.17) is 20.9 Å². The van der Waals surface area contributed by atoms with Crippen LogP contribution in [0, 0.1) is 12.7 Å². The van der Waals surface area contributed by atoms with Gasteiger partial charge in [0.1, 0.15) is 11.6 Å². The molecule has 4 nitrogen and oxygen atoms in total. The highest BCUT2D eigenvalue weighted by atomic mass is 35.5. The lowest BCUT2D eigenvalue weighted by molar-refractivity contribution is 0.243. The van der Waals surface area contributed by atoms with E-state index in [9.17, 15) is 4.39 Å². The molecular formula is C16H12ClFN2O2. The lowest BCUT2D eigenvalue weighted by Crippen LogP contribution is -1.96. The first kappa shape index (κ1) is 14.5. The lowest BCUT2D eigenvalue weighted by Gasteiger charge is -2.04. The van der Waals surface area contributed by atoms with E-state index in [-0.39, 0.29) is 11.6 Å². The molecule has 0 aliphatic rings. The summed E-state index contributed by atoms with van der Waals surface area (Å²) < 4.78 is 23.6. The number of halogens is 2. The van der Waals surface area contributed by atoms with E-state index < -0.39 is 5.82 Å². The van der Waals surface area contributed by atoms with Gasteiger partial charge in [-0.1, -0.05) is 41.0 Å². The summed E-state index contributed by atoms with van der Waals surface area (Å²) in [6.07, 6.45) is 0. The lowest BCUT2D eigenvalue weighted by atomic mass is 10.1. The Kier molecular flexibility index (Phi) is 4.06. The van der Waals surface area contributed by atoms with E-state index >= 15 is 0 Å². The first-order valence-electron chi connectivity index (χ1n) is 6.60.